The van der Waals surface area contributed by atoms with Crippen LogP contribution in [0.2, 0.25) is 0 Å². The normalized spacial score (nSPS) is 14.1. The van der Waals surface area contributed by atoms with E-state index in [0.29, 0.717) is 6.42 Å². The van der Waals surface area contributed by atoms with Gasteiger partial charge in [0.05, 0.1) is 6.10 Å². The highest BCUT2D eigenvalue weighted by Gasteiger charge is 2.26. The largest absolute Gasteiger partial charge is 0.444 e. The van der Waals surface area contributed by atoms with Gasteiger partial charge in [0.2, 0.25) is 0 Å². The number of aliphatic hydroxyl groups excluding tert-OH is 1. The van der Waals surface area contributed by atoms with E-state index in [-0.39, 0.29) is 0 Å². The molecule has 0 spiro atoms. The Hall–Kier alpha value is -1.03. The third kappa shape index (κ3) is 7.29. The summed E-state index contributed by atoms with van der Waals surface area (Å²) in [7, 11) is 0. The number of amides is 1. The van der Waals surface area contributed by atoms with Gasteiger partial charge in [0.25, 0.3) is 0 Å². The standard InChI is InChI=1S/C12H23NO3/c1-7-9(14)8-12(5,6)13-10(15)16-11(2,3)4/h7,9,14H,1,8H2,2-6H3,(H,13,15). The Morgan fingerprint density at radius 1 is 1.44 bits per heavy atom. The minimum atomic E-state index is -0.634. The first-order chi connectivity index (χ1) is 7.06. The van der Waals surface area contributed by atoms with Crippen LogP contribution < -0.4 is 5.32 Å². The van der Waals surface area contributed by atoms with Gasteiger partial charge in [-0.05, 0) is 41.0 Å². The molecule has 1 amide bonds. The summed E-state index contributed by atoms with van der Waals surface area (Å²) in [5.74, 6) is 0. The molecule has 0 aromatic carbocycles. The number of nitrogens with one attached hydrogen (secondary N) is 1. The lowest BCUT2D eigenvalue weighted by Crippen LogP contribution is -2.47. The van der Waals surface area contributed by atoms with Gasteiger partial charge in [0.15, 0.2) is 0 Å². The topological polar surface area (TPSA) is 58.6 Å². The molecule has 4 nitrogen and oxygen atoms in total. The molecule has 0 fully saturated rings. The minimum Gasteiger partial charge on any atom is -0.444 e. The van der Waals surface area contributed by atoms with Gasteiger partial charge in [-0.3, -0.25) is 0 Å². The van der Waals surface area contributed by atoms with Gasteiger partial charge < -0.3 is 15.2 Å². The second-order valence-electron chi connectivity index (χ2n) is 5.52. The molecular weight excluding hydrogens is 206 g/mol. The van der Waals surface area contributed by atoms with Crippen LogP contribution in [0.4, 0.5) is 4.79 Å². The van der Waals surface area contributed by atoms with E-state index in [1.165, 1.54) is 6.08 Å². The van der Waals surface area contributed by atoms with Crippen molar-refractivity contribution in [1.82, 2.24) is 5.32 Å². The summed E-state index contributed by atoms with van der Waals surface area (Å²) in [5, 5.41) is 12.1. The Morgan fingerprint density at radius 3 is 2.31 bits per heavy atom. The van der Waals surface area contributed by atoms with Gasteiger partial charge in [-0.15, -0.1) is 6.58 Å². The van der Waals surface area contributed by atoms with Gasteiger partial charge in [0, 0.05) is 5.54 Å². The van der Waals surface area contributed by atoms with Crippen LogP contribution in [-0.2, 0) is 4.74 Å². The van der Waals surface area contributed by atoms with Gasteiger partial charge in [0.1, 0.15) is 5.60 Å². The van der Waals surface area contributed by atoms with E-state index >= 15 is 0 Å². The molecule has 0 aliphatic rings. The number of rotatable bonds is 4. The first-order valence-corrected chi connectivity index (χ1v) is 5.37. The zero-order valence-electron chi connectivity index (χ0n) is 10.8. The Kier molecular flexibility index (Phi) is 5.00. The van der Waals surface area contributed by atoms with Gasteiger partial charge in [-0.25, -0.2) is 4.79 Å². The van der Waals surface area contributed by atoms with E-state index in [9.17, 15) is 9.90 Å². The molecule has 0 rings (SSSR count). The van der Waals surface area contributed by atoms with E-state index in [2.05, 4.69) is 11.9 Å². The molecule has 16 heavy (non-hydrogen) atoms. The van der Waals surface area contributed by atoms with Crippen LogP contribution in [0, 0.1) is 0 Å². The molecule has 94 valence electrons. The molecule has 0 aromatic heterocycles. The highest BCUT2D eigenvalue weighted by molar-refractivity contribution is 5.68. The van der Waals surface area contributed by atoms with Crippen molar-refractivity contribution in [2.24, 2.45) is 0 Å². The van der Waals surface area contributed by atoms with Crippen molar-refractivity contribution in [3.05, 3.63) is 12.7 Å². The number of alkyl carbamates (subject to hydrolysis) is 1. The zero-order chi connectivity index (χ0) is 13.0. The summed E-state index contributed by atoms with van der Waals surface area (Å²) in [6, 6.07) is 0. The molecule has 0 saturated carbocycles. The Bertz CT molecular complexity index is 253. The van der Waals surface area contributed by atoms with E-state index in [0.717, 1.165) is 0 Å². The SMILES string of the molecule is C=CC(O)CC(C)(C)NC(=O)OC(C)(C)C. The average molecular weight is 229 g/mol. The van der Waals surface area contributed by atoms with Crippen molar-refractivity contribution in [1.29, 1.82) is 0 Å². The van der Waals surface area contributed by atoms with Crippen molar-refractivity contribution < 1.29 is 14.6 Å². The summed E-state index contributed by atoms with van der Waals surface area (Å²) in [6.07, 6.45) is 0.729. The van der Waals surface area contributed by atoms with Crippen LogP contribution >= 0.6 is 0 Å². The van der Waals surface area contributed by atoms with E-state index in [4.69, 9.17) is 4.74 Å². The lowest BCUT2D eigenvalue weighted by atomic mass is 9.97. The Morgan fingerprint density at radius 2 is 1.94 bits per heavy atom. The smallest absolute Gasteiger partial charge is 0.408 e. The van der Waals surface area contributed by atoms with Gasteiger partial charge in [-0.1, -0.05) is 6.08 Å². The summed E-state index contributed by atoms with van der Waals surface area (Å²) >= 11 is 0. The molecule has 0 heterocycles. The quantitative estimate of drug-likeness (QED) is 0.727. The van der Waals surface area contributed by atoms with Crippen LogP contribution in [0.3, 0.4) is 0 Å². The molecule has 4 heteroatoms. The number of hydrogen-bond donors (Lipinski definition) is 2. The highest BCUT2D eigenvalue weighted by Crippen LogP contribution is 2.14. The van der Waals surface area contributed by atoms with Crippen LogP contribution in [0.5, 0.6) is 0 Å². The number of hydrogen-bond acceptors (Lipinski definition) is 3. The van der Waals surface area contributed by atoms with Crippen LogP contribution in [0.1, 0.15) is 41.0 Å². The predicted octanol–water partition coefficient (Wildman–Crippen LogP) is 2.23. The molecule has 0 radical (unpaired) electrons. The summed E-state index contributed by atoms with van der Waals surface area (Å²) in [6.45, 7) is 12.5. The first-order valence-electron chi connectivity index (χ1n) is 5.37. The molecule has 0 bridgehead atoms. The third-order valence-corrected chi connectivity index (χ3v) is 1.83. The zero-order valence-corrected chi connectivity index (χ0v) is 10.8. The summed E-state index contributed by atoms with van der Waals surface area (Å²) in [5.41, 5.74) is -1.05. The molecule has 0 saturated heterocycles. The number of carbonyl (C=O) groups is 1. The fraction of sp³-hybridized carbons (Fsp3) is 0.750. The molecule has 1 unspecified atom stereocenters. The first kappa shape index (κ1) is 15.0. The average Bonchev–Trinajstić information content (AvgIpc) is 1.97. The summed E-state index contributed by atoms with van der Waals surface area (Å²) in [4.78, 5) is 11.5. The van der Waals surface area contributed by atoms with E-state index in [1.807, 2.05) is 13.8 Å². The van der Waals surface area contributed by atoms with Crippen LogP contribution in [0.15, 0.2) is 12.7 Å². The molecule has 0 aromatic rings. The number of aliphatic hydroxyl groups is 1. The maximum Gasteiger partial charge on any atom is 0.408 e. The summed E-state index contributed by atoms with van der Waals surface area (Å²) < 4.78 is 5.13. The van der Waals surface area contributed by atoms with Crippen molar-refractivity contribution in [2.75, 3.05) is 0 Å². The van der Waals surface area contributed by atoms with Gasteiger partial charge >= 0.3 is 6.09 Å². The predicted molar refractivity (Wildman–Crippen MR) is 64.3 cm³/mol. The highest BCUT2D eigenvalue weighted by atomic mass is 16.6. The number of ether oxygens (including phenoxy) is 1. The van der Waals surface area contributed by atoms with Crippen LogP contribution in [-0.4, -0.2) is 28.4 Å². The lowest BCUT2D eigenvalue weighted by Gasteiger charge is -2.29. The monoisotopic (exact) mass is 229 g/mol. The second kappa shape index (κ2) is 5.34. The maximum atomic E-state index is 11.5. The Labute approximate surface area is 97.7 Å². The lowest BCUT2D eigenvalue weighted by molar-refractivity contribution is 0.0447. The molecular formula is C12H23NO3. The van der Waals surface area contributed by atoms with Crippen molar-refractivity contribution >= 4 is 6.09 Å². The van der Waals surface area contributed by atoms with Crippen molar-refractivity contribution in [3.63, 3.8) is 0 Å². The third-order valence-electron chi connectivity index (χ3n) is 1.83. The molecule has 0 aliphatic carbocycles. The van der Waals surface area contributed by atoms with Crippen molar-refractivity contribution in [3.8, 4) is 0 Å². The Balaban J connectivity index is 4.25. The van der Waals surface area contributed by atoms with Gasteiger partial charge in [-0.2, -0.15) is 0 Å². The fourth-order valence-electron chi connectivity index (χ4n) is 1.24. The van der Waals surface area contributed by atoms with E-state index < -0.39 is 23.3 Å². The maximum absolute atomic E-state index is 11.5. The molecule has 2 N–H and O–H groups in total. The van der Waals surface area contributed by atoms with E-state index in [1.54, 1.807) is 20.8 Å². The molecule has 1 atom stereocenters. The minimum absolute atomic E-state index is 0.399. The number of carbonyl (C=O) groups excluding carboxylic acids is 1. The second-order valence-corrected chi connectivity index (χ2v) is 5.52. The van der Waals surface area contributed by atoms with Crippen molar-refractivity contribution in [2.45, 2.75) is 58.3 Å². The molecule has 0 aliphatic heterocycles. The van der Waals surface area contributed by atoms with Crippen LogP contribution in [0.25, 0.3) is 0 Å². The fourth-order valence-corrected chi connectivity index (χ4v) is 1.24.